The Hall–Kier alpha value is -0.610. The lowest BCUT2D eigenvalue weighted by Gasteiger charge is -2.07. The van der Waals surface area contributed by atoms with Crippen LogP contribution in [0.4, 0.5) is 0 Å². The van der Waals surface area contributed by atoms with Gasteiger partial charge in [0.15, 0.2) is 0 Å². The van der Waals surface area contributed by atoms with Gasteiger partial charge in [-0.15, -0.1) is 0 Å². The summed E-state index contributed by atoms with van der Waals surface area (Å²) in [5.74, 6) is 1.44. The van der Waals surface area contributed by atoms with Crippen molar-refractivity contribution in [2.24, 2.45) is 5.92 Å². The Morgan fingerprint density at radius 2 is 2.75 bits per heavy atom. The smallest absolute Gasteiger partial charge is 0.225 e. The summed E-state index contributed by atoms with van der Waals surface area (Å²) < 4.78 is 9.57. The van der Waals surface area contributed by atoms with Crippen LogP contribution in [0.5, 0.6) is 5.88 Å². The number of nitrogens with one attached hydrogen (secondary N) is 1. The highest BCUT2D eigenvalue weighted by Gasteiger charge is 2.14. The molecule has 1 unspecified atom stereocenters. The molecule has 1 aliphatic heterocycles. The van der Waals surface area contributed by atoms with Crippen molar-refractivity contribution in [1.82, 2.24) is 9.69 Å². The second-order valence-corrected chi connectivity index (χ2v) is 3.67. The summed E-state index contributed by atoms with van der Waals surface area (Å²) in [5.41, 5.74) is 0. The van der Waals surface area contributed by atoms with Gasteiger partial charge in [0.1, 0.15) is 0 Å². The highest BCUT2D eigenvalue weighted by atomic mass is 32.1. The lowest BCUT2D eigenvalue weighted by atomic mass is 10.1. The summed E-state index contributed by atoms with van der Waals surface area (Å²) in [4.78, 5) is 0. The van der Waals surface area contributed by atoms with E-state index in [0.717, 1.165) is 25.6 Å². The summed E-state index contributed by atoms with van der Waals surface area (Å²) >= 11 is 1.43. The Bertz CT molecular complexity index is 219. The standard InChI is InChI=1S/C8H12N2OS/c1-3-9-5-7(1)6-11-8-2-4-12-10-8/h2,4,7,9H,1,3,5-6H2. The lowest BCUT2D eigenvalue weighted by Crippen LogP contribution is -2.15. The maximum absolute atomic E-state index is 5.49. The molecule has 0 aromatic carbocycles. The van der Waals surface area contributed by atoms with Crippen LogP contribution in [-0.2, 0) is 0 Å². The van der Waals surface area contributed by atoms with Crippen LogP contribution < -0.4 is 10.1 Å². The van der Waals surface area contributed by atoms with E-state index >= 15 is 0 Å². The van der Waals surface area contributed by atoms with Crippen molar-refractivity contribution < 1.29 is 4.74 Å². The van der Waals surface area contributed by atoms with Gasteiger partial charge in [0.05, 0.1) is 6.61 Å². The van der Waals surface area contributed by atoms with Crippen molar-refractivity contribution in [3.05, 3.63) is 11.4 Å². The van der Waals surface area contributed by atoms with Gasteiger partial charge in [-0.2, -0.15) is 4.37 Å². The molecule has 0 amide bonds. The molecule has 0 radical (unpaired) electrons. The zero-order valence-electron chi connectivity index (χ0n) is 6.82. The zero-order valence-corrected chi connectivity index (χ0v) is 7.64. The number of aromatic nitrogens is 1. The average Bonchev–Trinajstić information content (AvgIpc) is 2.74. The Morgan fingerprint density at radius 1 is 1.75 bits per heavy atom. The van der Waals surface area contributed by atoms with Crippen molar-refractivity contribution in [1.29, 1.82) is 0 Å². The number of hydrogen-bond donors (Lipinski definition) is 1. The first kappa shape index (κ1) is 8.01. The molecule has 2 rings (SSSR count). The number of nitrogens with zero attached hydrogens (tertiary/aromatic N) is 1. The molecule has 1 saturated heterocycles. The topological polar surface area (TPSA) is 34.1 Å². The van der Waals surface area contributed by atoms with Gasteiger partial charge >= 0.3 is 0 Å². The van der Waals surface area contributed by atoms with E-state index < -0.39 is 0 Å². The molecule has 1 aromatic rings. The molecule has 2 heterocycles. The van der Waals surface area contributed by atoms with E-state index in [0.29, 0.717) is 5.92 Å². The third-order valence-corrected chi connectivity index (χ3v) is 2.59. The van der Waals surface area contributed by atoms with Gasteiger partial charge in [-0.05, 0) is 24.5 Å². The van der Waals surface area contributed by atoms with E-state index in [2.05, 4.69) is 9.69 Å². The van der Waals surface area contributed by atoms with Crippen molar-refractivity contribution in [2.75, 3.05) is 19.7 Å². The van der Waals surface area contributed by atoms with Gasteiger partial charge < -0.3 is 10.1 Å². The van der Waals surface area contributed by atoms with Crippen LogP contribution in [0.2, 0.25) is 0 Å². The Morgan fingerprint density at radius 3 is 3.42 bits per heavy atom. The maximum atomic E-state index is 5.49. The SMILES string of the molecule is c1cc(OCC2CCNC2)ns1. The van der Waals surface area contributed by atoms with Crippen molar-refractivity contribution >= 4 is 11.5 Å². The molecular weight excluding hydrogens is 172 g/mol. The third kappa shape index (κ3) is 1.95. The molecular formula is C8H12N2OS. The number of rotatable bonds is 3. The molecule has 1 N–H and O–H groups in total. The van der Waals surface area contributed by atoms with Crippen LogP contribution in [0, 0.1) is 5.92 Å². The van der Waals surface area contributed by atoms with E-state index in [1.807, 2.05) is 11.4 Å². The Labute approximate surface area is 75.9 Å². The van der Waals surface area contributed by atoms with E-state index in [-0.39, 0.29) is 0 Å². The van der Waals surface area contributed by atoms with E-state index in [1.54, 1.807) is 0 Å². The quantitative estimate of drug-likeness (QED) is 0.764. The van der Waals surface area contributed by atoms with E-state index in [4.69, 9.17) is 4.74 Å². The predicted molar refractivity (Wildman–Crippen MR) is 48.6 cm³/mol. The first-order valence-corrected chi connectivity index (χ1v) is 5.03. The minimum atomic E-state index is 0.673. The molecule has 1 aromatic heterocycles. The van der Waals surface area contributed by atoms with Crippen LogP contribution in [-0.4, -0.2) is 24.1 Å². The van der Waals surface area contributed by atoms with Gasteiger partial charge in [0.25, 0.3) is 0 Å². The van der Waals surface area contributed by atoms with Crippen molar-refractivity contribution in [3.8, 4) is 5.88 Å². The van der Waals surface area contributed by atoms with Gasteiger partial charge in [0.2, 0.25) is 5.88 Å². The largest absolute Gasteiger partial charge is 0.477 e. The fraction of sp³-hybridized carbons (Fsp3) is 0.625. The number of hydrogen-bond acceptors (Lipinski definition) is 4. The van der Waals surface area contributed by atoms with Crippen molar-refractivity contribution in [3.63, 3.8) is 0 Å². The van der Waals surface area contributed by atoms with E-state index in [9.17, 15) is 0 Å². The van der Waals surface area contributed by atoms with Gasteiger partial charge in [-0.3, -0.25) is 0 Å². The predicted octanol–water partition coefficient (Wildman–Crippen LogP) is 1.13. The zero-order chi connectivity index (χ0) is 8.23. The first-order chi connectivity index (χ1) is 5.95. The lowest BCUT2D eigenvalue weighted by molar-refractivity contribution is 0.253. The number of ether oxygens (including phenoxy) is 1. The maximum Gasteiger partial charge on any atom is 0.225 e. The third-order valence-electron chi connectivity index (χ3n) is 2.04. The van der Waals surface area contributed by atoms with Crippen LogP contribution in [0.25, 0.3) is 0 Å². The summed E-state index contributed by atoms with van der Waals surface area (Å²) in [5, 5.41) is 5.24. The molecule has 1 aliphatic rings. The summed E-state index contributed by atoms with van der Waals surface area (Å²) in [6.07, 6.45) is 1.23. The van der Waals surface area contributed by atoms with Crippen LogP contribution in [0.3, 0.4) is 0 Å². The minimum Gasteiger partial charge on any atom is -0.477 e. The molecule has 3 nitrogen and oxygen atoms in total. The van der Waals surface area contributed by atoms with Gasteiger partial charge in [-0.25, -0.2) is 0 Å². The van der Waals surface area contributed by atoms with Crippen LogP contribution >= 0.6 is 11.5 Å². The molecule has 12 heavy (non-hydrogen) atoms. The highest BCUT2D eigenvalue weighted by molar-refractivity contribution is 7.03. The highest BCUT2D eigenvalue weighted by Crippen LogP contribution is 2.13. The van der Waals surface area contributed by atoms with E-state index in [1.165, 1.54) is 18.0 Å². The van der Waals surface area contributed by atoms with Crippen LogP contribution in [0.1, 0.15) is 6.42 Å². The molecule has 4 heteroatoms. The first-order valence-electron chi connectivity index (χ1n) is 4.19. The van der Waals surface area contributed by atoms with Gasteiger partial charge in [0, 0.05) is 23.9 Å². The van der Waals surface area contributed by atoms with Gasteiger partial charge in [-0.1, -0.05) is 0 Å². The monoisotopic (exact) mass is 184 g/mol. The Balaban J connectivity index is 1.74. The summed E-state index contributed by atoms with van der Waals surface area (Å²) in [6.45, 7) is 3.02. The Kier molecular flexibility index (Phi) is 2.58. The summed E-state index contributed by atoms with van der Waals surface area (Å²) in [6, 6.07) is 1.91. The minimum absolute atomic E-state index is 0.673. The fourth-order valence-electron chi connectivity index (χ4n) is 1.34. The molecule has 0 saturated carbocycles. The molecule has 0 aliphatic carbocycles. The molecule has 0 bridgehead atoms. The van der Waals surface area contributed by atoms with Crippen LogP contribution in [0.15, 0.2) is 11.4 Å². The fourth-order valence-corrected chi connectivity index (χ4v) is 1.79. The van der Waals surface area contributed by atoms with Crippen molar-refractivity contribution in [2.45, 2.75) is 6.42 Å². The molecule has 1 atom stereocenters. The normalized spacial score (nSPS) is 22.8. The molecule has 1 fully saturated rings. The molecule has 66 valence electrons. The summed E-state index contributed by atoms with van der Waals surface area (Å²) in [7, 11) is 0. The molecule has 0 spiro atoms. The second kappa shape index (κ2) is 3.87. The second-order valence-electron chi connectivity index (χ2n) is 3.01. The average molecular weight is 184 g/mol.